The number of carboxylic acids is 1. The van der Waals surface area contributed by atoms with Gasteiger partial charge >= 0.3 is 5.97 Å². The fraction of sp³-hybridized carbons (Fsp3) is 0.556. The molecule has 144 valence electrons. The van der Waals surface area contributed by atoms with Crippen molar-refractivity contribution < 1.29 is 23.1 Å². The van der Waals surface area contributed by atoms with Crippen molar-refractivity contribution in [3.05, 3.63) is 29.8 Å². The molecule has 7 nitrogen and oxygen atoms in total. The number of carboxylic acid groups (broad SMARTS) is 1. The first-order chi connectivity index (χ1) is 12.1. The second-order valence-electron chi connectivity index (χ2n) is 6.91. The molecule has 8 heteroatoms. The highest BCUT2D eigenvalue weighted by molar-refractivity contribution is 7.89. The normalized spacial score (nSPS) is 18.7. The molecule has 1 aliphatic rings. The van der Waals surface area contributed by atoms with Crippen LogP contribution in [-0.4, -0.2) is 59.8 Å². The van der Waals surface area contributed by atoms with Gasteiger partial charge in [-0.15, -0.1) is 0 Å². The van der Waals surface area contributed by atoms with Crippen molar-refractivity contribution in [2.24, 2.45) is 0 Å². The van der Waals surface area contributed by atoms with Crippen LogP contribution in [0.15, 0.2) is 29.2 Å². The quantitative estimate of drug-likeness (QED) is 0.814. The zero-order valence-electron chi connectivity index (χ0n) is 15.4. The van der Waals surface area contributed by atoms with Gasteiger partial charge in [-0.3, -0.25) is 9.59 Å². The van der Waals surface area contributed by atoms with Gasteiger partial charge in [-0.25, -0.2) is 8.42 Å². The number of hydrogen-bond donors (Lipinski definition) is 1. The van der Waals surface area contributed by atoms with Crippen LogP contribution in [0.2, 0.25) is 0 Å². The molecule has 1 aromatic rings. The monoisotopic (exact) mass is 382 g/mol. The van der Waals surface area contributed by atoms with Crippen molar-refractivity contribution in [2.45, 2.75) is 57.0 Å². The fourth-order valence-corrected chi connectivity index (χ4v) is 4.90. The molecule has 0 aromatic heterocycles. The molecule has 1 atom stereocenters. The van der Waals surface area contributed by atoms with Crippen LogP contribution in [0.4, 0.5) is 0 Å². The SMILES string of the molecule is CC(C)N(CC(=O)O)C(=O)c1cccc(S(=O)(=O)N2CCCCC2C)c1. The standard InChI is InChI=1S/C18H26N2O5S/c1-13(2)19(12-17(21)22)18(23)15-8-6-9-16(11-15)26(24,25)20-10-5-4-7-14(20)3/h6,8-9,11,13-14H,4-5,7,10,12H2,1-3H3,(H,21,22). The molecule has 1 aromatic carbocycles. The van der Waals surface area contributed by atoms with E-state index in [2.05, 4.69) is 0 Å². The number of hydrogen-bond acceptors (Lipinski definition) is 4. The topological polar surface area (TPSA) is 95.0 Å². The Labute approximate surface area is 154 Å². The Balaban J connectivity index is 2.34. The Hall–Kier alpha value is -1.93. The number of carbonyl (C=O) groups is 2. The van der Waals surface area contributed by atoms with Gasteiger partial charge in [-0.05, 0) is 51.8 Å². The first-order valence-electron chi connectivity index (χ1n) is 8.79. The predicted octanol–water partition coefficient (Wildman–Crippen LogP) is 2.18. The average molecular weight is 382 g/mol. The largest absolute Gasteiger partial charge is 0.480 e. The van der Waals surface area contributed by atoms with Gasteiger partial charge in [0.1, 0.15) is 6.54 Å². The summed E-state index contributed by atoms with van der Waals surface area (Å²) < 4.78 is 27.4. The molecular weight excluding hydrogens is 356 g/mol. The third kappa shape index (κ3) is 4.42. The van der Waals surface area contributed by atoms with Gasteiger partial charge in [0, 0.05) is 24.2 Å². The molecule has 1 aliphatic heterocycles. The maximum Gasteiger partial charge on any atom is 0.323 e. The van der Waals surface area contributed by atoms with Gasteiger partial charge in [-0.2, -0.15) is 4.31 Å². The minimum Gasteiger partial charge on any atom is -0.480 e. The summed E-state index contributed by atoms with van der Waals surface area (Å²) in [6.45, 7) is 5.36. The van der Waals surface area contributed by atoms with E-state index in [-0.39, 0.29) is 22.5 Å². The first kappa shape index (κ1) is 20.4. The minimum absolute atomic E-state index is 0.0659. The van der Waals surface area contributed by atoms with E-state index in [1.807, 2.05) is 6.92 Å². The van der Waals surface area contributed by atoms with Crippen LogP contribution >= 0.6 is 0 Å². The molecule has 1 N–H and O–H groups in total. The summed E-state index contributed by atoms with van der Waals surface area (Å²) in [5, 5.41) is 9.02. The predicted molar refractivity (Wildman–Crippen MR) is 97.5 cm³/mol. The van der Waals surface area contributed by atoms with E-state index in [1.54, 1.807) is 13.8 Å². The number of piperidine rings is 1. The highest BCUT2D eigenvalue weighted by Gasteiger charge is 2.31. The molecular formula is C18H26N2O5S. The number of amides is 1. The molecule has 1 heterocycles. The molecule has 1 fully saturated rings. The van der Waals surface area contributed by atoms with Gasteiger partial charge in [-0.1, -0.05) is 12.5 Å². The van der Waals surface area contributed by atoms with Crippen LogP contribution in [0, 0.1) is 0 Å². The van der Waals surface area contributed by atoms with E-state index >= 15 is 0 Å². The summed E-state index contributed by atoms with van der Waals surface area (Å²) >= 11 is 0. The van der Waals surface area contributed by atoms with E-state index in [4.69, 9.17) is 5.11 Å². The third-order valence-electron chi connectivity index (χ3n) is 4.62. The van der Waals surface area contributed by atoms with Gasteiger partial charge in [0.15, 0.2) is 0 Å². The number of aliphatic carboxylic acids is 1. The molecule has 26 heavy (non-hydrogen) atoms. The number of nitrogens with zero attached hydrogens (tertiary/aromatic N) is 2. The smallest absolute Gasteiger partial charge is 0.323 e. The molecule has 0 radical (unpaired) electrons. The number of carbonyl (C=O) groups excluding carboxylic acids is 1. The van der Waals surface area contributed by atoms with Crippen LogP contribution in [0.5, 0.6) is 0 Å². The van der Waals surface area contributed by atoms with Crippen molar-refractivity contribution in [3.8, 4) is 0 Å². The van der Waals surface area contributed by atoms with Crippen molar-refractivity contribution in [1.82, 2.24) is 9.21 Å². The Morgan fingerprint density at radius 2 is 2.00 bits per heavy atom. The van der Waals surface area contributed by atoms with Crippen molar-refractivity contribution >= 4 is 21.9 Å². The van der Waals surface area contributed by atoms with E-state index in [0.29, 0.717) is 6.54 Å². The molecule has 0 spiro atoms. The Morgan fingerprint density at radius 1 is 1.31 bits per heavy atom. The lowest BCUT2D eigenvalue weighted by Gasteiger charge is -2.32. The molecule has 1 amide bonds. The van der Waals surface area contributed by atoms with Crippen molar-refractivity contribution in [3.63, 3.8) is 0 Å². The summed E-state index contributed by atoms with van der Waals surface area (Å²) in [6, 6.07) is 5.46. The van der Waals surface area contributed by atoms with Crippen LogP contribution in [-0.2, 0) is 14.8 Å². The summed E-state index contributed by atoms with van der Waals surface area (Å²) in [5.74, 6) is -1.61. The molecule has 0 bridgehead atoms. The van der Waals surface area contributed by atoms with Crippen molar-refractivity contribution in [1.29, 1.82) is 0 Å². The molecule has 1 saturated heterocycles. The summed E-state index contributed by atoms with van der Waals surface area (Å²) in [4.78, 5) is 25.0. The molecule has 2 rings (SSSR count). The van der Waals surface area contributed by atoms with Crippen LogP contribution < -0.4 is 0 Å². The maximum atomic E-state index is 13.0. The van der Waals surface area contributed by atoms with Gasteiger partial charge in [0.2, 0.25) is 10.0 Å². The molecule has 0 aliphatic carbocycles. The van der Waals surface area contributed by atoms with Gasteiger partial charge in [0.25, 0.3) is 5.91 Å². The van der Waals surface area contributed by atoms with E-state index in [9.17, 15) is 18.0 Å². The summed E-state index contributed by atoms with van der Waals surface area (Å²) in [5.41, 5.74) is 0.172. The number of sulfonamides is 1. The van der Waals surface area contributed by atoms with E-state index in [1.165, 1.54) is 33.5 Å². The summed E-state index contributed by atoms with van der Waals surface area (Å²) in [7, 11) is -3.69. The van der Waals surface area contributed by atoms with Gasteiger partial charge in [0.05, 0.1) is 4.90 Å². The summed E-state index contributed by atoms with van der Waals surface area (Å²) in [6.07, 6.45) is 2.64. The first-order valence-corrected chi connectivity index (χ1v) is 10.2. The van der Waals surface area contributed by atoms with E-state index < -0.39 is 28.4 Å². The highest BCUT2D eigenvalue weighted by atomic mass is 32.2. The zero-order valence-corrected chi connectivity index (χ0v) is 16.2. The number of rotatable bonds is 6. The second kappa shape index (κ2) is 8.18. The fourth-order valence-electron chi connectivity index (χ4n) is 3.15. The lowest BCUT2D eigenvalue weighted by Crippen LogP contribution is -2.42. The zero-order chi connectivity index (χ0) is 19.5. The Morgan fingerprint density at radius 3 is 2.58 bits per heavy atom. The van der Waals surface area contributed by atoms with Gasteiger partial charge < -0.3 is 10.0 Å². The van der Waals surface area contributed by atoms with Crippen LogP contribution in [0.25, 0.3) is 0 Å². The third-order valence-corrected chi connectivity index (χ3v) is 6.63. The van der Waals surface area contributed by atoms with E-state index in [0.717, 1.165) is 19.3 Å². The lowest BCUT2D eigenvalue weighted by atomic mass is 10.1. The molecule has 1 unspecified atom stereocenters. The maximum absolute atomic E-state index is 13.0. The van der Waals surface area contributed by atoms with Crippen LogP contribution in [0.1, 0.15) is 50.4 Å². The lowest BCUT2D eigenvalue weighted by molar-refractivity contribution is -0.138. The minimum atomic E-state index is -3.69. The van der Waals surface area contributed by atoms with Crippen LogP contribution in [0.3, 0.4) is 0 Å². The molecule has 0 saturated carbocycles. The highest BCUT2D eigenvalue weighted by Crippen LogP contribution is 2.26. The Bertz CT molecular complexity index is 776. The van der Waals surface area contributed by atoms with Crippen molar-refractivity contribution in [2.75, 3.05) is 13.1 Å². The Kier molecular flexibility index (Phi) is 6.41. The number of benzene rings is 1. The second-order valence-corrected chi connectivity index (χ2v) is 8.80. The average Bonchev–Trinajstić information content (AvgIpc) is 2.59.